The minimum atomic E-state index is -0.0806. The lowest BCUT2D eigenvalue weighted by Crippen LogP contribution is -2.42. The van der Waals surface area contributed by atoms with E-state index in [1.807, 2.05) is 6.92 Å². The first-order chi connectivity index (χ1) is 10.2. The molecule has 0 bridgehead atoms. The van der Waals surface area contributed by atoms with Crippen molar-refractivity contribution in [2.45, 2.75) is 38.8 Å². The molecule has 2 aliphatic rings. The summed E-state index contributed by atoms with van der Waals surface area (Å²) in [6.07, 6.45) is 3.56. The van der Waals surface area contributed by atoms with E-state index in [9.17, 15) is 4.79 Å². The summed E-state index contributed by atoms with van der Waals surface area (Å²) in [5.74, 6) is 0.145. The monoisotopic (exact) mass is 307 g/mol. The van der Waals surface area contributed by atoms with Gasteiger partial charge in [-0.15, -0.1) is 0 Å². The zero-order valence-electron chi connectivity index (χ0n) is 12.7. The van der Waals surface area contributed by atoms with Gasteiger partial charge in [-0.25, -0.2) is 0 Å². The number of hydrogen-bond donors (Lipinski definition) is 2. The minimum Gasteiger partial charge on any atom is -0.335 e. The maximum atomic E-state index is 12.7. The van der Waals surface area contributed by atoms with Gasteiger partial charge in [-0.1, -0.05) is 6.92 Å². The van der Waals surface area contributed by atoms with Crippen molar-refractivity contribution in [3.63, 3.8) is 0 Å². The fraction of sp³-hybridized carbons (Fsp3) is 0.688. The standard InChI is InChI=1S/C16H25N3OS/c1-12(9-17)15(20)19(10-13-2-7-21-11-13)14-8-16(14)3-5-18-6-4-16/h2,7,11-12,14,18H,3-6,8-10,17H2,1H3. The lowest BCUT2D eigenvalue weighted by Gasteiger charge is -2.31. The summed E-state index contributed by atoms with van der Waals surface area (Å²) >= 11 is 1.69. The molecule has 1 aromatic rings. The second kappa shape index (κ2) is 6.07. The Kier molecular flexibility index (Phi) is 4.33. The van der Waals surface area contributed by atoms with Crippen molar-refractivity contribution in [1.82, 2.24) is 10.2 Å². The summed E-state index contributed by atoms with van der Waals surface area (Å²) in [6.45, 7) is 5.29. The number of nitrogens with one attached hydrogen (secondary N) is 1. The van der Waals surface area contributed by atoms with Crippen LogP contribution in [0.5, 0.6) is 0 Å². The van der Waals surface area contributed by atoms with Crippen LogP contribution in [0.4, 0.5) is 0 Å². The molecule has 2 unspecified atom stereocenters. The van der Waals surface area contributed by atoms with Crippen LogP contribution < -0.4 is 11.1 Å². The lowest BCUT2D eigenvalue weighted by molar-refractivity contribution is -0.136. The van der Waals surface area contributed by atoms with Gasteiger partial charge in [0.15, 0.2) is 0 Å². The molecule has 1 aliphatic heterocycles. The lowest BCUT2D eigenvalue weighted by atomic mass is 9.93. The highest BCUT2D eigenvalue weighted by Crippen LogP contribution is 2.56. The summed E-state index contributed by atoms with van der Waals surface area (Å²) in [4.78, 5) is 14.9. The highest BCUT2D eigenvalue weighted by molar-refractivity contribution is 7.07. The Morgan fingerprint density at radius 2 is 2.33 bits per heavy atom. The predicted molar refractivity (Wildman–Crippen MR) is 86.0 cm³/mol. The fourth-order valence-electron chi connectivity index (χ4n) is 3.53. The second-order valence-corrected chi connectivity index (χ2v) is 7.35. The normalized spacial score (nSPS) is 24.8. The number of amides is 1. The van der Waals surface area contributed by atoms with Crippen molar-refractivity contribution >= 4 is 17.2 Å². The predicted octanol–water partition coefficient (Wildman–Crippen LogP) is 1.81. The number of piperidine rings is 1. The highest BCUT2D eigenvalue weighted by Gasteiger charge is 2.57. The third-order valence-electron chi connectivity index (χ3n) is 5.11. The van der Waals surface area contributed by atoms with Crippen LogP contribution in [-0.4, -0.2) is 36.5 Å². The minimum absolute atomic E-state index is 0.0806. The molecule has 5 heteroatoms. The molecule has 1 amide bonds. The Labute approximate surface area is 130 Å². The van der Waals surface area contributed by atoms with Crippen molar-refractivity contribution in [3.05, 3.63) is 22.4 Å². The first-order valence-electron chi connectivity index (χ1n) is 7.89. The van der Waals surface area contributed by atoms with Crippen LogP contribution in [0.1, 0.15) is 31.7 Å². The molecule has 1 aliphatic carbocycles. The van der Waals surface area contributed by atoms with E-state index in [1.165, 1.54) is 24.8 Å². The van der Waals surface area contributed by atoms with Crippen LogP contribution >= 0.6 is 11.3 Å². The fourth-order valence-corrected chi connectivity index (χ4v) is 4.19. The number of hydrogen-bond acceptors (Lipinski definition) is 4. The van der Waals surface area contributed by atoms with E-state index < -0.39 is 0 Å². The van der Waals surface area contributed by atoms with Crippen LogP contribution in [0.3, 0.4) is 0 Å². The Hall–Kier alpha value is -0.910. The van der Waals surface area contributed by atoms with E-state index in [0.717, 1.165) is 19.6 Å². The molecule has 116 valence electrons. The third-order valence-corrected chi connectivity index (χ3v) is 5.85. The molecule has 0 aromatic carbocycles. The summed E-state index contributed by atoms with van der Waals surface area (Å²) in [5, 5.41) is 7.65. The summed E-state index contributed by atoms with van der Waals surface area (Å²) < 4.78 is 0. The molecule has 3 rings (SSSR count). The number of thiophene rings is 1. The van der Waals surface area contributed by atoms with E-state index in [4.69, 9.17) is 5.73 Å². The van der Waals surface area contributed by atoms with Gasteiger partial charge < -0.3 is 16.0 Å². The first-order valence-corrected chi connectivity index (χ1v) is 8.83. The number of rotatable bonds is 5. The van der Waals surface area contributed by atoms with Gasteiger partial charge in [0, 0.05) is 25.0 Å². The summed E-state index contributed by atoms with van der Waals surface area (Å²) in [7, 11) is 0. The molecule has 21 heavy (non-hydrogen) atoms. The molecule has 3 N–H and O–H groups in total. The van der Waals surface area contributed by atoms with Crippen molar-refractivity contribution in [2.75, 3.05) is 19.6 Å². The molecular weight excluding hydrogens is 282 g/mol. The first kappa shape index (κ1) is 15.0. The van der Waals surface area contributed by atoms with E-state index in [0.29, 0.717) is 18.0 Å². The molecule has 0 radical (unpaired) electrons. The van der Waals surface area contributed by atoms with E-state index in [1.54, 1.807) is 11.3 Å². The number of nitrogens with two attached hydrogens (primary N) is 1. The largest absolute Gasteiger partial charge is 0.335 e. The summed E-state index contributed by atoms with van der Waals surface area (Å²) in [5.41, 5.74) is 7.34. The van der Waals surface area contributed by atoms with Gasteiger partial charge in [-0.05, 0) is 60.2 Å². The molecule has 4 nitrogen and oxygen atoms in total. The van der Waals surface area contributed by atoms with Crippen molar-refractivity contribution in [2.24, 2.45) is 17.1 Å². The average molecular weight is 307 g/mol. The SMILES string of the molecule is CC(CN)C(=O)N(Cc1ccsc1)C1CC12CCNCC2. The molecule has 1 spiro atoms. The van der Waals surface area contributed by atoms with E-state index in [2.05, 4.69) is 27.0 Å². The highest BCUT2D eigenvalue weighted by atomic mass is 32.1. The van der Waals surface area contributed by atoms with Gasteiger partial charge in [-0.2, -0.15) is 11.3 Å². The second-order valence-electron chi connectivity index (χ2n) is 6.57. The van der Waals surface area contributed by atoms with E-state index in [-0.39, 0.29) is 11.8 Å². The number of nitrogens with zero attached hydrogens (tertiary/aromatic N) is 1. The van der Waals surface area contributed by atoms with Gasteiger partial charge in [-0.3, -0.25) is 4.79 Å². The number of carbonyl (C=O) groups is 1. The number of carbonyl (C=O) groups excluding carboxylic acids is 1. The molecule has 1 saturated heterocycles. The maximum absolute atomic E-state index is 12.7. The molecule has 2 heterocycles. The van der Waals surface area contributed by atoms with Gasteiger partial charge in [0.25, 0.3) is 0 Å². The molecule has 1 aromatic heterocycles. The third kappa shape index (κ3) is 3.00. The van der Waals surface area contributed by atoms with Crippen LogP contribution in [0.15, 0.2) is 16.8 Å². The molecule has 2 fully saturated rings. The van der Waals surface area contributed by atoms with Crippen molar-refractivity contribution in [3.8, 4) is 0 Å². The smallest absolute Gasteiger partial charge is 0.227 e. The van der Waals surface area contributed by atoms with Gasteiger partial charge in [0.05, 0.1) is 0 Å². The molecular formula is C16H25N3OS. The van der Waals surface area contributed by atoms with E-state index >= 15 is 0 Å². The summed E-state index contributed by atoms with van der Waals surface area (Å²) in [6, 6.07) is 2.54. The van der Waals surface area contributed by atoms with Crippen LogP contribution in [-0.2, 0) is 11.3 Å². The van der Waals surface area contributed by atoms with Crippen molar-refractivity contribution < 1.29 is 4.79 Å². The zero-order valence-corrected chi connectivity index (χ0v) is 13.5. The molecule has 1 saturated carbocycles. The van der Waals surface area contributed by atoms with Crippen LogP contribution in [0.25, 0.3) is 0 Å². The van der Waals surface area contributed by atoms with Crippen molar-refractivity contribution in [1.29, 1.82) is 0 Å². The zero-order chi connectivity index (χ0) is 14.9. The van der Waals surface area contributed by atoms with Crippen LogP contribution in [0.2, 0.25) is 0 Å². The van der Waals surface area contributed by atoms with Gasteiger partial charge >= 0.3 is 0 Å². The van der Waals surface area contributed by atoms with Crippen LogP contribution in [0, 0.1) is 11.3 Å². The Balaban J connectivity index is 1.75. The Bertz CT molecular complexity index is 482. The molecule has 2 atom stereocenters. The maximum Gasteiger partial charge on any atom is 0.227 e. The van der Waals surface area contributed by atoms with Gasteiger partial charge in [0.1, 0.15) is 0 Å². The Morgan fingerprint density at radius 3 is 2.95 bits per heavy atom. The quantitative estimate of drug-likeness (QED) is 0.872. The Morgan fingerprint density at radius 1 is 1.57 bits per heavy atom. The van der Waals surface area contributed by atoms with Gasteiger partial charge in [0.2, 0.25) is 5.91 Å². The average Bonchev–Trinajstić information content (AvgIpc) is 2.96. The topological polar surface area (TPSA) is 58.4 Å².